The average molecular weight is 220 g/mol. The number of rotatable bonds is 1. The Bertz CT molecular complexity index is 399. The molecule has 1 fully saturated rings. The summed E-state index contributed by atoms with van der Waals surface area (Å²) >= 11 is 0. The third kappa shape index (κ3) is 1.50. The molecular formula is C13H17FN2. The summed E-state index contributed by atoms with van der Waals surface area (Å²) in [4.78, 5) is 0. The molecule has 1 unspecified atom stereocenters. The maximum absolute atomic E-state index is 14.4. The summed E-state index contributed by atoms with van der Waals surface area (Å²) in [6.07, 6.45) is 2.86. The van der Waals surface area contributed by atoms with Gasteiger partial charge in [0.05, 0.1) is 6.04 Å². The Morgan fingerprint density at radius 1 is 1.31 bits per heavy atom. The van der Waals surface area contributed by atoms with Crippen LogP contribution in [0.25, 0.3) is 0 Å². The number of para-hydroxylation sites is 1. The Morgan fingerprint density at radius 3 is 2.81 bits per heavy atom. The Kier molecular flexibility index (Phi) is 2.18. The number of alkyl halides is 1. The zero-order valence-corrected chi connectivity index (χ0v) is 9.25. The summed E-state index contributed by atoms with van der Waals surface area (Å²) in [6, 6.07) is 8.17. The SMILES string of the molecule is NC1CC(F)(C2CCc3ccccc3N2)C1. The van der Waals surface area contributed by atoms with Gasteiger partial charge >= 0.3 is 0 Å². The molecule has 1 saturated carbocycles. The first-order valence-electron chi connectivity index (χ1n) is 5.96. The molecule has 16 heavy (non-hydrogen) atoms. The molecule has 1 aliphatic carbocycles. The maximum atomic E-state index is 14.4. The molecule has 0 saturated heterocycles. The topological polar surface area (TPSA) is 38.0 Å². The largest absolute Gasteiger partial charge is 0.379 e. The third-order valence-corrected chi connectivity index (χ3v) is 3.88. The van der Waals surface area contributed by atoms with E-state index in [9.17, 15) is 4.39 Å². The van der Waals surface area contributed by atoms with Crippen molar-refractivity contribution in [3.8, 4) is 0 Å². The van der Waals surface area contributed by atoms with Crippen molar-refractivity contribution in [1.82, 2.24) is 0 Å². The smallest absolute Gasteiger partial charge is 0.133 e. The minimum absolute atomic E-state index is 0.0535. The lowest BCUT2D eigenvalue weighted by molar-refractivity contribution is 0.0205. The van der Waals surface area contributed by atoms with Gasteiger partial charge in [0, 0.05) is 11.7 Å². The molecule has 1 heterocycles. The highest BCUT2D eigenvalue weighted by atomic mass is 19.1. The molecule has 1 aromatic rings. The highest BCUT2D eigenvalue weighted by Crippen LogP contribution is 2.42. The van der Waals surface area contributed by atoms with Crippen molar-refractivity contribution in [3.63, 3.8) is 0 Å². The maximum Gasteiger partial charge on any atom is 0.133 e. The Hall–Kier alpha value is -1.09. The van der Waals surface area contributed by atoms with E-state index in [4.69, 9.17) is 5.73 Å². The van der Waals surface area contributed by atoms with Gasteiger partial charge in [-0.2, -0.15) is 0 Å². The minimum Gasteiger partial charge on any atom is -0.379 e. The molecule has 0 amide bonds. The molecular weight excluding hydrogens is 203 g/mol. The Labute approximate surface area is 95.0 Å². The molecule has 3 rings (SSSR count). The molecule has 0 bridgehead atoms. The molecule has 0 aromatic heterocycles. The van der Waals surface area contributed by atoms with Crippen LogP contribution in [-0.4, -0.2) is 17.8 Å². The van der Waals surface area contributed by atoms with E-state index in [0.29, 0.717) is 12.8 Å². The molecule has 3 heteroatoms. The van der Waals surface area contributed by atoms with E-state index in [0.717, 1.165) is 18.5 Å². The molecule has 1 aliphatic heterocycles. The van der Waals surface area contributed by atoms with Gasteiger partial charge in [-0.1, -0.05) is 18.2 Å². The van der Waals surface area contributed by atoms with Gasteiger partial charge in [-0.05, 0) is 37.3 Å². The van der Waals surface area contributed by atoms with Crippen LogP contribution < -0.4 is 11.1 Å². The van der Waals surface area contributed by atoms with Crippen molar-refractivity contribution in [3.05, 3.63) is 29.8 Å². The number of hydrogen-bond acceptors (Lipinski definition) is 2. The van der Waals surface area contributed by atoms with Crippen LogP contribution in [0.5, 0.6) is 0 Å². The van der Waals surface area contributed by atoms with Crippen molar-refractivity contribution in [1.29, 1.82) is 0 Å². The first-order chi connectivity index (χ1) is 7.67. The van der Waals surface area contributed by atoms with Crippen LogP contribution in [0.2, 0.25) is 0 Å². The lowest BCUT2D eigenvalue weighted by Crippen LogP contribution is -2.58. The molecule has 2 nitrogen and oxygen atoms in total. The highest BCUT2D eigenvalue weighted by molar-refractivity contribution is 5.54. The second-order valence-electron chi connectivity index (χ2n) is 5.10. The molecule has 3 N–H and O–H groups in total. The summed E-state index contributed by atoms with van der Waals surface area (Å²) in [6.45, 7) is 0. The number of aryl methyl sites for hydroxylation is 1. The fraction of sp³-hybridized carbons (Fsp3) is 0.538. The number of nitrogens with one attached hydrogen (secondary N) is 1. The predicted molar refractivity (Wildman–Crippen MR) is 63.2 cm³/mol. The minimum atomic E-state index is -1.08. The van der Waals surface area contributed by atoms with Crippen LogP contribution in [-0.2, 0) is 6.42 Å². The Morgan fingerprint density at radius 2 is 2.06 bits per heavy atom. The van der Waals surface area contributed by atoms with E-state index in [-0.39, 0.29) is 12.1 Å². The summed E-state index contributed by atoms with van der Waals surface area (Å²) < 4.78 is 14.4. The van der Waals surface area contributed by atoms with Gasteiger partial charge in [-0.15, -0.1) is 0 Å². The molecule has 2 aliphatic rings. The molecule has 0 spiro atoms. The van der Waals surface area contributed by atoms with Gasteiger partial charge in [-0.3, -0.25) is 0 Å². The molecule has 1 aromatic carbocycles. The third-order valence-electron chi connectivity index (χ3n) is 3.88. The van der Waals surface area contributed by atoms with Crippen LogP contribution >= 0.6 is 0 Å². The van der Waals surface area contributed by atoms with E-state index in [2.05, 4.69) is 11.4 Å². The summed E-state index contributed by atoms with van der Waals surface area (Å²) in [5.74, 6) is 0. The van der Waals surface area contributed by atoms with Gasteiger partial charge in [0.25, 0.3) is 0 Å². The monoisotopic (exact) mass is 220 g/mol. The lowest BCUT2D eigenvalue weighted by atomic mass is 9.70. The molecule has 1 atom stereocenters. The van der Waals surface area contributed by atoms with Crippen LogP contribution in [0.15, 0.2) is 24.3 Å². The first-order valence-corrected chi connectivity index (χ1v) is 5.96. The van der Waals surface area contributed by atoms with Crippen LogP contribution in [0.1, 0.15) is 24.8 Å². The first kappa shape index (κ1) is 10.1. The number of fused-ring (bicyclic) bond motifs is 1. The van der Waals surface area contributed by atoms with Crippen molar-refractivity contribution in [2.45, 2.75) is 43.4 Å². The fourth-order valence-electron chi connectivity index (χ4n) is 2.92. The Balaban J connectivity index is 1.78. The summed E-state index contributed by atoms with van der Waals surface area (Å²) in [5.41, 5.74) is 7.00. The van der Waals surface area contributed by atoms with Crippen LogP contribution in [0, 0.1) is 0 Å². The fourth-order valence-corrected chi connectivity index (χ4v) is 2.92. The summed E-state index contributed by atoms with van der Waals surface area (Å²) in [5, 5.41) is 3.33. The van der Waals surface area contributed by atoms with Crippen molar-refractivity contribution < 1.29 is 4.39 Å². The molecule has 0 radical (unpaired) electrons. The number of hydrogen-bond donors (Lipinski definition) is 2. The van der Waals surface area contributed by atoms with Gasteiger partial charge < -0.3 is 11.1 Å². The predicted octanol–water partition coefficient (Wildman–Crippen LogP) is 2.24. The quantitative estimate of drug-likeness (QED) is 0.761. The number of benzene rings is 1. The van der Waals surface area contributed by atoms with Gasteiger partial charge in [0.15, 0.2) is 0 Å². The van der Waals surface area contributed by atoms with Gasteiger partial charge in [0.2, 0.25) is 0 Å². The van der Waals surface area contributed by atoms with Crippen molar-refractivity contribution in [2.24, 2.45) is 5.73 Å². The van der Waals surface area contributed by atoms with E-state index >= 15 is 0 Å². The van der Waals surface area contributed by atoms with Crippen molar-refractivity contribution in [2.75, 3.05) is 5.32 Å². The van der Waals surface area contributed by atoms with Crippen LogP contribution in [0.4, 0.5) is 10.1 Å². The standard InChI is InChI=1S/C13H17FN2/c14-13(7-10(15)8-13)12-6-5-9-3-1-2-4-11(9)16-12/h1-4,10,12,16H,5-8,15H2. The van der Waals surface area contributed by atoms with Gasteiger partial charge in [0.1, 0.15) is 5.67 Å². The molecule has 86 valence electrons. The van der Waals surface area contributed by atoms with E-state index in [1.165, 1.54) is 5.56 Å². The van der Waals surface area contributed by atoms with Crippen molar-refractivity contribution >= 4 is 5.69 Å². The van der Waals surface area contributed by atoms with E-state index < -0.39 is 5.67 Å². The van der Waals surface area contributed by atoms with E-state index in [1.807, 2.05) is 18.2 Å². The highest BCUT2D eigenvalue weighted by Gasteiger charge is 2.49. The van der Waals surface area contributed by atoms with Crippen LogP contribution in [0.3, 0.4) is 0 Å². The number of nitrogens with two attached hydrogens (primary N) is 1. The zero-order valence-electron chi connectivity index (χ0n) is 9.25. The second kappa shape index (κ2) is 3.45. The average Bonchev–Trinajstić information content (AvgIpc) is 2.26. The lowest BCUT2D eigenvalue weighted by Gasteiger charge is -2.46. The zero-order chi connectivity index (χ0) is 11.2. The number of halogens is 1. The second-order valence-corrected chi connectivity index (χ2v) is 5.10. The number of anilines is 1. The van der Waals surface area contributed by atoms with Gasteiger partial charge in [-0.25, -0.2) is 4.39 Å². The summed E-state index contributed by atoms with van der Waals surface area (Å²) in [7, 11) is 0. The normalized spacial score (nSPS) is 37.1. The van der Waals surface area contributed by atoms with E-state index in [1.54, 1.807) is 0 Å².